The summed E-state index contributed by atoms with van der Waals surface area (Å²) >= 11 is 0. The van der Waals surface area contributed by atoms with E-state index >= 15 is 0 Å². The van der Waals surface area contributed by atoms with E-state index in [1.54, 1.807) is 75.4 Å². The van der Waals surface area contributed by atoms with Crippen molar-refractivity contribution in [3.05, 3.63) is 82.9 Å². The van der Waals surface area contributed by atoms with E-state index in [0.717, 1.165) is 0 Å². The van der Waals surface area contributed by atoms with Gasteiger partial charge >= 0.3 is 17.9 Å². The highest BCUT2D eigenvalue weighted by molar-refractivity contribution is 5.99. The molecule has 2 aromatic rings. The third kappa shape index (κ3) is 9.38. The number of nitrogens with one attached hydrogen (secondary N) is 1. The van der Waals surface area contributed by atoms with Crippen LogP contribution < -0.4 is 10.5 Å². The van der Waals surface area contributed by atoms with Crippen LogP contribution in [0, 0.1) is 5.41 Å². The zero-order chi connectivity index (χ0) is 28.1. The summed E-state index contributed by atoms with van der Waals surface area (Å²) in [5.74, 6) is -1.89. The molecular weight excluding hydrogens is 490 g/mol. The van der Waals surface area contributed by atoms with E-state index in [0.29, 0.717) is 28.0 Å². The average Bonchev–Trinajstić information content (AvgIpc) is 2.88. The van der Waals surface area contributed by atoms with Gasteiger partial charge in [-0.1, -0.05) is 18.2 Å². The van der Waals surface area contributed by atoms with Crippen molar-refractivity contribution in [2.75, 3.05) is 26.3 Å². The van der Waals surface area contributed by atoms with Gasteiger partial charge in [0.15, 0.2) is 0 Å². The zero-order valence-electron chi connectivity index (χ0n) is 21.6. The zero-order valence-corrected chi connectivity index (χ0v) is 21.6. The van der Waals surface area contributed by atoms with Crippen LogP contribution in [0.4, 0.5) is 0 Å². The lowest BCUT2D eigenvalue weighted by molar-refractivity contribution is -0.147. The van der Waals surface area contributed by atoms with Crippen molar-refractivity contribution in [1.82, 2.24) is 4.90 Å². The SMILES string of the molecule is CCOC(=O)C=CCN(CC(=O)OCC)C(=O)C(C)=Cc1ccc(C(=O)Oc2ccc(C(=N)N)cc2)cc1. The lowest BCUT2D eigenvalue weighted by atomic mass is 10.1. The van der Waals surface area contributed by atoms with Crippen LogP contribution in [0.3, 0.4) is 0 Å². The Hall–Kier alpha value is -4.73. The summed E-state index contributed by atoms with van der Waals surface area (Å²) in [6.45, 7) is 5.06. The number of carbonyl (C=O) groups is 4. The summed E-state index contributed by atoms with van der Waals surface area (Å²) in [4.78, 5) is 50.3. The highest BCUT2D eigenvalue weighted by Gasteiger charge is 2.19. The molecule has 0 bridgehead atoms. The topological polar surface area (TPSA) is 149 Å². The molecule has 0 fully saturated rings. The van der Waals surface area contributed by atoms with E-state index < -0.39 is 23.8 Å². The van der Waals surface area contributed by atoms with E-state index in [9.17, 15) is 19.2 Å². The minimum atomic E-state index is -0.572. The molecule has 10 nitrogen and oxygen atoms in total. The molecule has 200 valence electrons. The van der Waals surface area contributed by atoms with Crippen molar-refractivity contribution in [2.24, 2.45) is 5.73 Å². The average molecular weight is 522 g/mol. The molecule has 0 saturated heterocycles. The molecule has 1 amide bonds. The van der Waals surface area contributed by atoms with Crippen LogP contribution >= 0.6 is 0 Å². The summed E-state index contributed by atoms with van der Waals surface area (Å²) in [5.41, 5.74) is 7.22. The standard InChI is InChI=1S/C28H31N3O7/c1-4-36-24(32)7-6-16-31(18-25(33)37-5-2)27(34)19(3)17-20-8-10-22(11-9-20)28(35)38-23-14-12-21(13-15-23)26(29)30/h6-15,17H,4-5,16,18H2,1-3H3,(H3,29,30). The van der Waals surface area contributed by atoms with Crippen molar-refractivity contribution in [3.8, 4) is 5.75 Å². The number of hydrogen-bond donors (Lipinski definition) is 2. The number of rotatable bonds is 12. The Morgan fingerprint density at radius 2 is 1.53 bits per heavy atom. The second kappa shape index (κ2) is 14.7. The molecule has 0 spiro atoms. The number of amides is 1. The molecule has 0 saturated carbocycles. The highest BCUT2D eigenvalue weighted by atomic mass is 16.5. The van der Waals surface area contributed by atoms with Gasteiger partial charge in [0.2, 0.25) is 5.91 Å². The third-order valence-electron chi connectivity index (χ3n) is 5.02. The summed E-state index contributed by atoms with van der Waals surface area (Å²) in [7, 11) is 0. The molecule has 0 atom stereocenters. The Morgan fingerprint density at radius 3 is 2.11 bits per heavy atom. The molecular formula is C28H31N3O7. The smallest absolute Gasteiger partial charge is 0.343 e. The highest BCUT2D eigenvalue weighted by Crippen LogP contribution is 2.16. The van der Waals surface area contributed by atoms with Crippen molar-refractivity contribution in [3.63, 3.8) is 0 Å². The van der Waals surface area contributed by atoms with E-state index in [4.69, 9.17) is 25.4 Å². The number of ether oxygens (including phenoxy) is 3. The maximum atomic E-state index is 13.0. The third-order valence-corrected chi connectivity index (χ3v) is 5.02. The summed E-state index contributed by atoms with van der Waals surface area (Å²) in [6, 6.07) is 12.7. The second-order valence-corrected chi connectivity index (χ2v) is 7.92. The molecule has 2 aromatic carbocycles. The first kappa shape index (κ1) is 29.5. The van der Waals surface area contributed by atoms with Crippen molar-refractivity contribution in [1.29, 1.82) is 5.41 Å². The Morgan fingerprint density at radius 1 is 0.921 bits per heavy atom. The van der Waals surface area contributed by atoms with Gasteiger partial charge in [-0.3, -0.25) is 15.0 Å². The number of nitrogen functional groups attached to an aromatic ring is 1. The van der Waals surface area contributed by atoms with Crippen LogP contribution in [-0.2, 0) is 23.9 Å². The van der Waals surface area contributed by atoms with Crippen molar-refractivity contribution in [2.45, 2.75) is 20.8 Å². The summed E-state index contributed by atoms with van der Waals surface area (Å²) < 4.78 is 15.1. The normalized spacial score (nSPS) is 11.1. The lowest BCUT2D eigenvalue weighted by Crippen LogP contribution is -2.37. The first-order valence-corrected chi connectivity index (χ1v) is 11.9. The Kier molecular flexibility index (Phi) is 11.4. The Balaban J connectivity index is 2.10. The number of amidine groups is 1. The molecule has 0 radical (unpaired) electrons. The summed E-state index contributed by atoms with van der Waals surface area (Å²) in [6.07, 6.45) is 4.26. The van der Waals surface area contributed by atoms with E-state index in [1.807, 2.05) is 0 Å². The second-order valence-electron chi connectivity index (χ2n) is 7.92. The molecule has 0 aliphatic carbocycles. The van der Waals surface area contributed by atoms with Gasteiger partial charge in [-0.05, 0) is 68.8 Å². The van der Waals surface area contributed by atoms with Crippen LogP contribution in [0.1, 0.15) is 42.3 Å². The number of benzene rings is 2. The maximum Gasteiger partial charge on any atom is 0.343 e. The van der Waals surface area contributed by atoms with Gasteiger partial charge in [0.25, 0.3) is 0 Å². The molecule has 10 heteroatoms. The molecule has 0 aromatic heterocycles. The van der Waals surface area contributed by atoms with Crippen molar-refractivity contribution < 1.29 is 33.4 Å². The van der Waals surface area contributed by atoms with Gasteiger partial charge in [0, 0.05) is 23.8 Å². The molecule has 0 heterocycles. The molecule has 2 rings (SSSR count). The van der Waals surface area contributed by atoms with Gasteiger partial charge in [-0.2, -0.15) is 0 Å². The fraction of sp³-hybridized carbons (Fsp3) is 0.250. The predicted molar refractivity (Wildman–Crippen MR) is 141 cm³/mol. The largest absolute Gasteiger partial charge is 0.465 e. The van der Waals surface area contributed by atoms with Crippen LogP contribution in [0.15, 0.2) is 66.3 Å². The number of hydrogen-bond acceptors (Lipinski definition) is 8. The van der Waals surface area contributed by atoms with Crippen LogP contribution in [0.5, 0.6) is 5.75 Å². The molecule has 38 heavy (non-hydrogen) atoms. The van der Waals surface area contributed by atoms with E-state index in [-0.39, 0.29) is 32.1 Å². The molecule has 3 N–H and O–H groups in total. The minimum Gasteiger partial charge on any atom is -0.465 e. The Labute approximate surface area is 221 Å². The minimum absolute atomic E-state index is 0.000182. The molecule has 0 aliphatic rings. The van der Waals surface area contributed by atoms with Crippen LogP contribution in [0.2, 0.25) is 0 Å². The first-order chi connectivity index (χ1) is 18.1. The number of nitrogens with two attached hydrogens (primary N) is 1. The van der Waals surface area contributed by atoms with Crippen molar-refractivity contribution >= 4 is 35.7 Å². The number of esters is 3. The van der Waals surface area contributed by atoms with Crippen LogP contribution in [0.25, 0.3) is 6.08 Å². The summed E-state index contributed by atoms with van der Waals surface area (Å²) in [5, 5.41) is 7.41. The van der Waals surface area contributed by atoms with Gasteiger partial charge in [0.05, 0.1) is 18.8 Å². The quantitative estimate of drug-likeness (QED) is 0.142. The monoisotopic (exact) mass is 521 g/mol. The molecule has 0 aliphatic heterocycles. The fourth-order valence-electron chi connectivity index (χ4n) is 3.19. The number of carbonyl (C=O) groups excluding carboxylic acids is 4. The van der Waals surface area contributed by atoms with Gasteiger partial charge in [-0.25, -0.2) is 9.59 Å². The van der Waals surface area contributed by atoms with Gasteiger partial charge in [-0.15, -0.1) is 0 Å². The Bertz CT molecular complexity index is 1220. The predicted octanol–water partition coefficient (Wildman–Crippen LogP) is 3.10. The fourth-order valence-corrected chi connectivity index (χ4v) is 3.19. The molecule has 0 unspecified atom stereocenters. The first-order valence-electron chi connectivity index (χ1n) is 11.9. The lowest BCUT2D eigenvalue weighted by Gasteiger charge is -2.20. The van der Waals surface area contributed by atoms with E-state index in [2.05, 4.69) is 0 Å². The number of nitrogens with zero attached hydrogens (tertiary/aromatic N) is 1. The van der Waals surface area contributed by atoms with Crippen LogP contribution in [-0.4, -0.2) is 60.9 Å². The van der Waals surface area contributed by atoms with Gasteiger partial charge < -0.3 is 24.8 Å². The van der Waals surface area contributed by atoms with Gasteiger partial charge in [0.1, 0.15) is 18.1 Å². The maximum absolute atomic E-state index is 13.0. The van der Waals surface area contributed by atoms with E-state index in [1.165, 1.54) is 17.1 Å².